The molecule has 0 aliphatic carbocycles. The largest absolute Gasteiger partial charge is 0.325 e. The van der Waals surface area contributed by atoms with Gasteiger partial charge in [-0.3, -0.25) is 10.6 Å². The van der Waals surface area contributed by atoms with Crippen molar-refractivity contribution in [1.29, 1.82) is 0 Å². The molecule has 0 radical (unpaired) electrons. The maximum atomic E-state index is 5.66. The second kappa shape index (κ2) is 2.62. The number of rotatable bonds is 0. The van der Waals surface area contributed by atoms with Gasteiger partial charge >= 0.3 is 0 Å². The molecule has 1 fully saturated rings. The summed E-state index contributed by atoms with van der Waals surface area (Å²) in [6.45, 7) is 2.83. The molecule has 1 aliphatic rings. The van der Waals surface area contributed by atoms with Gasteiger partial charge in [-0.15, -0.1) is 0 Å². The van der Waals surface area contributed by atoms with Gasteiger partial charge in [-0.05, 0) is 6.92 Å². The van der Waals surface area contributed by atoms with Gasteiger partial charge in [0.2, 0.25) is 0 Å². The normalized spacial score (nSPS) is 45.0. The average Bonchev–Trinajstić information content (AvgIpc) is 1.80. The van der Waals surface area contributed by atoms with Gasteiger partial charge in [-0.1, -0.05) is 0 Å². The van der Waals surface area contributed by atoms with E-state index >= 15 is 0 Å². The molecule has 2 unspecified atom stereocenters. The van der Waals surface area contributed by atoms with Gasteiger partial charge in [0.15, 0.2) is 0 Å². The molecule has 0 aromatic carbocycles. The lowest BCUT2D eigenvalue weighted by Crippen LogP contribution is -2.65. The molecule has 54 valence electrons. The number of hydrogen-bond donors (Lipinski definition) is 4. The lowest BCUT2D eigenvalue weighted by molar-refractivity contribution is 0.287. The SMILES string of the molecule is C[C@H]1NC(N)NCC1N. The first kappa shape index (κ1) is 6.95. The summed E-state index contributed by atoms with van der Waals surface area (Å²) in [6.07, 6.45) is -0.0835. The molecule has 0 aromatic rings. The Balaban J connectivity index is 2.35. The van der Waals surface area contributed by atoms with Crippen LogP contribution in [0.2, 0.25) is 0 Å². The van der Waals surface area contributed by atoms with Crippen molar-refractivity contribution in [1.82, 2.24) is 10.6 Å². The zero-order valence-electron chi connectivity index (χ0n) is 5.59. The van der Waals surface area contributed by atoms with E-state index < -0.39 is 0 Å². The van der Waals surface area contributed by atoms with Crippen molar-refractivity contribution in [2.45, 2.75) is 25.3 Å². The summed E-state index contributed by atoms with van der Waals surface area (Å²) in [5.74, 6) is 0. The molecule has 6 N–H and O–H groups in total. The first-order valence-electron chi connectivity index (χ1n) is 3.21. The van der Waals surface area contributed by atoms with Crippen molar-refractivity contribution >= 4 is 0 Å². The molecule has 3 atom stereocenters. The Kier molecular flexibility index (Phi) is 2.02. The minimum absolute atomic E-state index is 0.0835. The number of nitrogens with one attached hydrogen (secondary N) is 2. The van der Waals surface area contributed by atoms with E-state index in [4.69, 9.17) is 11.5 Å². The lowest BCUT2D eigenvalue weighted by atomic mass is 10.1. The summed E-state index contributed by atoms with van der Waals surface area (Å²) in [7, 11) is 0. The van der Waals surface area contributed by atoms with Gasteiger partial charge in [0.25, 0.3) is 0 Å². The van der Waals surface area contributed by atoms with E-state index in [1.165, 1.54) is 0 Å². The molecule has 1 rings (SSSR count). The van der Waals surface area contributed by atoms with Crippen LogP contribution in [0.3, 0.4) is 0 Å². The quantitative estimate of drug-likeness (QED) is 0.310. The minimum atomic E-state index is -0.0835. The van der Waals surface area contributed by atoms with Crippen LogP contribution >= 0.6 is 0 Å². The Morgan fingerprint density at radius 3 is 2.56 bits per heavy atom. The highest BCUT2D eigenvalue weighted by atomic mass is 15.3. The summed E-state index contributed by atoms with van der Waals surface area (Å²) in [6, 6.07) is 0.506. The Morgan fingerprint density at radius 1 is 1.44 bits per heavy atom. The van der Waals surface area contributed by atoms with Gasteiger partial charge in [0.05, 0.1) is 0 Å². The second-order valence-electron chi connectivity index (χ2n) is 2.51. The van der Waals surface area contributed by atoms with E-state index in [1.807, 2.05) is 6.92 Å². The van der Waals surface area contributed by atoms with Crippen molar-refractivity contribution in [3.05, 3.63) is 0 Å². The molecule has 0 amide bonds. The predicted octanol–water partition coefficient (Wildman–Crippen LogP) is -1.86. The van der Waals surface area contributed by atoms with Gasteiger partial charge < -0.3 is 11.5 Å². The van der Waals surface area contributed by atoms with Crippen LogP contribution in [0.15, 0.2) is 0 Å². The van der Waals surface area contributed by atoms with Gasteiger partial charge in [-0.25, -0.2) is 0 Å². The van der Waals surface area contributed by atoms with E-state index in [0.717, 1.165) is 6.54 Å². The Bertz CT molecular complexity index is 95.0. The number of hydrogen-bond acceptors (Lipinski definition) is 4. The molecule has 4 nitrogen and oxygen atoms in total. The smallest absolute Gasteiger partial charge is 0.109 e. The molecule has 0 saturated carbocycles. The molecule has 9 heavy (non-hydrogen) atoms. The summed E-state index contributed by atoms with van der Waals surface area (Å²) < 4.78 is 0. The van der Waals surface area contributed by atoms with Gasteiger partial charge in [-0.2, -0.15) is 0 Å². The lowest BCUT2D eigenvalue weighted by Gasteiger charge is -2.32. The standard InChI is InChI=1S/C5H14N4/c1-3-4(6)2-8-5(7)9-3/h3-5,8-9H,2,6-7H2,1H3/t3-,4?,5?/m1/s1. The third kappa shape index (κ3) is 1.62. The minimum Gasteiger partial charge on any atom is -0.325 e. The van der Waals surface area contributed by atoms with Crippen molar-refractivity contribution in [3.63, 3.8) is 0 Å². The second-order valence-corrected chi connectivity index (χ2v) is 2.51. The predicted molar refractivity (Wildman–Crippen MR) is 36.6 cm³/mol. The summed E-state index contributed by atoms with van der Waals surface area (Å²) in [4.78, 5) is 0. The highest BCUT2D eigenvalue weighted by Gasteiger charge is 2.19. The highest BCUT2D eigenvalue weighted by molar-refractivity contribution is 4.83. The molecule has 0 bridgehead atoms. The fourth-order valence-electron chi connectivity index (χ4n) is 0.906. The summed E-state index contributed by atoms with van der Waals surface area (Å²) >= 11 is 0. The van der Waals surface area contributed by atoms with E-state index in [0.29, 0.717) is 6.04 Å². The molecule has 0 spiro atoms. The first-order chi connectivity index (χ1) is 4.20. The topological polar surface area (TPSA) is 76.1 Å². The molecule has 1 heterocycles. The highest BCUT2D eigenvalue weighted by Crippen LogP contribution is 1.92. The van der Waals surface area contributed by atoms with E-state index in [9.17, 15) is 0 Å². The fraction of sp³-hybridized carbons (Fsp3) is 1.00. The molecule has 1 aliphatic heterocycles. The first-order valence-corrected chi connectivity index (χ1v) is 3.21. The molecular weight excluding hydrogens is 116 g/mol. The van der Waals surface area contributed by atoms with Crippen LogP contribution in [-0.2, 0) is 0 Å². The van der Waals surface area contributed by atoms with Crippen LogP contribution in [0.4, 0.5) is 0 Å². The Labute approximate surface area is 55.0 Å². The van der Waals surface area contributed by atoms with E-state index in [-0.39, 0.29) is 12.3 Å². The number of nitrogens with two attached hydrogens (primary N) is 2. The van der Waals surface area contributed by atoms with Crippen LogP contribution in [0.25, 0.3) is 0 Å². The molecule has 0 aromatic heterocycles. The molecule has 1 saturated heterocycles. The van der Waals surface area contributed by atoms with Gasteiger partial charge in [0.1, 0.15) is 6.29 Å². The maximum Gasteiger partial charge on any atom is 0.109 e. The molecule has 4 heteroatoms. The van der Waals surface area contributed by atoms with Crippen molar-refractivity contribution in [2.75, 3.05) is 6.54 Å². The van der Waals surface area contributed by atoms with E-state index in [2.05, 4.69) is 10.6 Å². The van der Waals surface area contributed by atoms with Crippen molar-refractivity contribution in [3.8, 4) is 0 Å². The third-order valence-electron chi connectivity index (χ3n) is 1.66. The fourth-order valence-corrected chi connectivity index (χ4v) is 0.906. The zero-order valence-corrected chi connectivity index (χ0v) is 5.59. The Morgan fingerprint density at radius 2 is 2.11 bits per heavy atom. The summed E-state index contributed by atoms with van der Waals surface area (Å²) in [5.41, 5.74) is 11.2. The average molecular weight is 130 g/mol. The maximum absolute atomic E-state index is 5.66. The van der Waals surface area contributed by atoms with Crippen molar-refractivity contribution < 1.29 is 0 Å². The monoisotopic (exact) mass is 130 g/mol. The van der Waals surface area contributed by atoms with Crippen LogP contribution < -0.4 is 22.1 Å². The van der Waals surface area contributed by atoms with Crippen LogP contribution in [-0.4, -0.2) is 24.9 Å². The third-order valence-corrected chi connectivity index (χ3v) is 1.66. The van der Waals surface area contributed by atoms with E-state index in [1.54, 1.807) is 0 Å². The molecular formula is C5H14N4. The van der Waals surface area contributed by atoms with Crippen LogP contribution in [0, 0.1) is 0 Å². The van der Waals surface area contributed by atoms with Crippen LogP contribution in [0.5, 0.6) is 0 Å². The Hall–Kier alpha value is -0.160. The zero-order chi connectivity index (χ0) is 6.85. The van der Waals surface area contributed by atoms with Crippen LogP contribution in [0.1, 0.15) is 6.92 Å². The summed E-state index contributed by atoms with van der Waals surface area (Å²) in [5, 5.41) is 6.07. The van der Waals surface area contributed by atoms with Crippen molar-refractivity contribution in [2.24, 2.45) is 11.5 Å². The van der Waals surface area contributed by atoms with Gasteiger partial charge in [0, 0.05) is 18.6 Å².